The maximum Gasteiger partial charge on any atom is 0.227 e. The van der Waals surface area contributed by atoms with Crippen LogP contribution in [0.3, 0.4) is 0 Å². The minimum absolute atomic E-state index is 0.106. The summed E-state index contributed by atoms with van der Waals surface area (Å²) >= 11 is 1.74. The van der Waals surface area contributed by atoms with Gasteiger partial charge in [0.1, 0.15) is 5.75 Å². The Labute approximate surface area is 172 Å². The molecule has 0 spiro atoms. The summed E-state index contributed by atoms with van der Waals surface area (Å²) in [6, 6.07) is 7.83. The molecule has 5 nitrogen and oxygen atoms in total. The lowest BCUT2D eigenvalue weighted by molar-refractivity contribution is -0.132. The molecule has 0 atom stereocenters. The topological polar surface area (TPSA) is 45.7 Å². The molecule has 0 unspecified atom stereocenters. The number of carbonyl (C=O) groups excluding carboxylic acids is 1. The van der Waals surface area contributed by atoms with Crippen molar-refractivity contribution in [3.8, 4) is 5.75 Å². The Kier molecular flexibility index (Phi) is 6.73. The molecule has 0 bridgehead atoms. The summed E-state index contributed by atoms with van der Waals surface area (Å²) in [7, 11) is 0. The Morgan fingerprint density at radius 1 is 1.14 bits per heavy atom. The molecule has 1 fully saturated rings. The van der Waals surface area contributed by atoms with Gasteiger partial charge in [0.2, 0.25) is 5.91 Å². The largest absolute Gasteiger partial charge is 0.494 e. The van der Waals surface area contributed by atoms with Crippen molar-refractivity contribution in [2.75, 3.05) is 32.8 Å². The average molecular weight is 402 g/mol. The minimum Gasteiger partial charge on any atom is -0.494 e. The Bertz CT molecular complexity index is 772. The molecule has 6 heteroatoms. The maximum atomic E-state index is 12.6. The molecule has 1 amide bonds. The van der Waals surface area contributed by atoms with Crippen LogP contribution in [-0.4, -0.2) is 53.5 Å². The van der Waals surface area contributed by atoms with Crippen molar-refractivity contribution in [3.63, 3.8) is 0 Å². The highest BCUT2D eigenvalue weighted by Gasteiger charge is 2.23. The molecule has 1 aliphatic heterocycles. The predicted octanol–water partition coefficient (Wildman–Crippen LogP) is 3.73. The molecule has 0 N–H and O–H groups in total. The first kappa shape index (κ1) is 20.8. The van der Waals surface area contributed by atoms with Crippen molar-refractivity contribution in [2.45, 2.75) is 46.1 Å². The van der Waals surface area contributed by atoms with Crippen molar-refractivity contribution in [2.24, 2.45) is 0 Å². The Hall–Kier alpha value is -1.92. The van der Waals surface area contributed by atoms with E-state index in [0.717, 1.165) is 49.7 Å². The van der Waals surface area contributed by atoms with Gasteiger partial charge in [-0.05, 0) is 24.6 Å². The fourth-order valence-corrected chi connectivity index (χ4v) is 4.16. The summed E-state index contributed by atoms with van der Waals surface area (Å²) in [5, 5.41) is 3.36. The SMILES string of the molecule is CCOc1ccc(CC(=O)N2CCN(Cc3csc(C(C)(C)C)n3)CC2)cc1. The van der Waals surface area contributed by atoms with E-state index in [2.05, 4.69) is 31.1 Å². The molecule has 1 aliphatic rings. The van der Waals surface area contributed by atoms with Crippen LogP contribution < -0.4 is 4.74 Å². The Balaban J connectivity index is 1.46. The first-order valence-corrected chi connectivity index (χ1v) is 10.9. The van der Waals surface area contributed by atoms with Crippen molar-refractivity contribution >= 4 is 17.2 Å². The number of thiazole rings is 1. The quantitative estimate of drug-likeness (QED) is 0.740. The van der Waals surface area contributed by atoms with Gasteiger partial charge in [0.15, 0.2) is 0 Å². The zero-order valence-corrected chi connectivity index (χ0v) is 18.2. The molecule has 1 aromatic heterocycles. The molecule has 28 heavy (non-hydrogen) atoms. The van der Waals surface area contributed by atoms with Crippen LogP contribution in [0.5, 0.6) is 5.75 Å². The minimum atomic E-state index is 0.106. The standard InChI is InChI=1S/C22H31N3O2S/c1-5-27-19-8-6-17(7-9-19)14-20(26)25-12-10-24(11-13-25)15-18-16-28-21(23-18)22(2,3)4/h6-9,16H,5,10-15H2,1-4H3. The van der Waals surface area contributed by atoms with Crippen molar-refractivity contribution in [1.29, 1.82) is 0 Å². The maximum absolute atomic E-state index is 12.6. The molecule has 3 rings (SSSR count). The second-order valence-corrected chi connectivity index (χ2v) is 9.16. The zero-order chi connectivity index (χ0) is 20.1. The number of benzene rings is 1. The van der Waals surface area contributed by atoms with E-state index in [1.807, 2.05) is 36.1 Å². The molecular formula is C22H31N3O2S. The van der Waals surface area contributed by atoms with Gasteiger partial charge in [-0.2, -0.15) is 0 Å². The van der Waals surface area contributed by atoms with Crippen LogP contribution in [0.25, 0.3) is 0 Å². The van der Waals surface area contributed by atoms with Crippen molar-refractivity contribution in [3.05, 3.63) is 45.9 Å². The second kappa shape index (κ2) is 9.05. The molecule has 152 valence electrons. The van der Waals surface area contributed by atoms with Gasteiger partial charge in [-0.1, -0.05) is 32.9 Å². The fourth-order valence-electron chi connectivity index (χ4n) is 3.27. The number of amides is 1. The van der Waals surface area contributed by atoms with Gasteiger partial charge in [-0.3, -0.25) is 9.69 Å². The average Bonchev–Trinajstić information content (AvgIpc) is 3.13. The number of hydrogen-bond donors (Lipinski definition) is 0. The van der Waals surface area contributed by atoms with Gasteiger partial charge in [0.25, 0.3) is 0 Å². The predicted molar refractivity (Wildman–Crippen MR) is 114 cm³/mol. The molecule has 0 saturated carbocycles. The van der Waals surface area contributed by atoms with E-state index in [1.54, 1.807) is 11.3 Å². The molecule has 2 heterocycles. The molecule has 0 aliphatic carbocycles. The third-order valence-corrected chi connectivity index (χ3v) is 6.21. The molecule has 0 radical (unpaired) electrons. The lowest BCUT2D eigenvalue weighted by Crippen LogP contribution is -2.48. The van der Waals surface area contributed by atoms with Crippen molar-refractivity contribution in [1.82, 2.24) is 14.8 Å². The fraction of sp³-hybridized carbons (Fsp3) is 0.545. The molecule has 1 saturated heterocycles. The summed E-state index contributed by atoms with van der Waals surface area (Å²) in [6.45, 7) is 13.5. The van der Waals surface area contributed by atoms with Crippen LogP contribution >= 0.6 is 11.3 Å². The summed E-state index contributed by atoms with van der Waals surface area (Å²) in [4.78, 5) is 21.8. The molecular weight excluding hydrogens is 370 g/mol. The Morgan fingerprint density at radius 2 is 1.82 bits per heavy atom. The monoisotopic (exact) mass is 401 g/mol. The van der Waals surface area contributed by atoms with Gasteiger partial charge in [0.05, 0.1) is 23.7 Å². The van der Waals surface area contributed by atoms with E-state index in [4.69, 9.17) is 9.72 Å². The zero-order valence-electron chi connectivity index (χ0n) is 17.4. The van der Waals surface area contributed by atoms with Crippen molar-refractivity contribution < 1.29 is 9.53 Å². The van der Waals surface area contributed by atoms with Crippen LogP contribution in [0.4, 0.5) is 0 Å². The number of carbonyl (C=O) groups is 1. The smallest absolute Gasteiger partial charge is 0.227 e. The van der Waals surface area contributed by atoms with Gasteiger partial charge >= 0.3 is 0 Å². The number of hydrogen-bond acceptors (Lipinski definition) is 5. The lowest BCUT2D eigenvalue weighted by Gasteiger charge is -2.34. The summed E-state index contributed by atoms with van der Waals surface area (Å²) in [5.41, 5.74) is 2.28. The Morgan fingerprint density at radius 3 is 2.39 bits per heavy atom. The van der Waals surface area contributed by atoms with Gasteiger partial charge < -0.3 is 9.64 Å². The van der Waals surface area contributed by atoms with Crippen LogP contribution in [0.15, 0.2) is 29.6 Å². The summed E-state index contributed by atoms with van der Waals surface area (Å²) < 4.78 is 5.46. The van der Waals surface area contributed by atoms with Gasteiger partial charge in [-0.25, -0.2) is 4.98 Å². The number of ether oxygens (including phenoxy) is 1. The highest BCUT2D eigenvalue weighted by molar-refractivity contribution is 7.09. The number of piperazine rings is 1. The normalized spacial score (nSPS) is 15.6. The molecule has 2 aromatic rings. The number of rotatable bonds is 6. The third-order valence-electron chi connectivity index (χ3n) is 4.89. The molecule has 1 aromatic carbocycles. The lowest BCUT2D eigenvalue weighted by atomic mass is 9.98. The van der Waals surface area contributed by atoms with Gasteiger partial charge in [0, 0.05) is 43.5 Å². The van der Waals surface area contributed by atoms with Crippen LogP contribution in [-0.2, 0) is 23.2 Å². The number of nitrogens with zero attached hydrogens (tertiary/aromatic N) is 3. The highest BCUT2D eigenvalue weighted by Crippen LogP contribution is 2.26. The number of aromatic nitrogens is 1. The van der Waals surface area contributed by atoms with E-state index < -0.39 is 0 Å². The van der Waals surface area contributed by atoms with E-state index in [1.165, 1.54) is 5.01 Å². The summed E-state index contributed by atoms with van der Waals surface area (Å²) in [5.74, 6) is 1.05. The van der Waals surface area contributed by atoms with Crippen LogP contribution in [0.1, 0.15) is 44.0 Å². The van der Waals surface area contributed by atoms with E-state index in [-0.39, 0.29) is 11.3 Å². The van der Waals surface area contributed by atoms with E-state index in [0.29, 0.717) is 13.0 Å². The van der Waals surface area contributed by atoms with E-state index >= 15 is 0 Å². The summed E-state index contributed by atoms with van der Waals surface area (Å²) in [6.07, 6.45) is 0.452. The second-order valence-electron chi connectivity index (χ2n) is 8.30. The first-order valence-electron chi connectivity index (χ1n) is 10.0. The van der Waals surface area contributed by atoms with Gasteiger partial charge in [-0.15, -0.1) is 11.3 Å². The third kappa shape index (κ3) is 5.55. The van der Waals surface area contributed by atoms with E-state index in [9.17, 15) is 4.79 Å². The van der Waals surface area contributed by atoms with Crippen LogP contribution in [0, 0.1) is 0 Å². The highest BCUT2D eigenvalue weighted by atomic mass is 32.1. The first-order chi connectivity index (χ1) is 13.3. The van der Waals surface area contributed by atoms with Crippen LogP contribution in [0.2, 0.25) is 0 Å².